The van der Waals surface area contributed by atoms with Gasteiger partial charge >= 0.3 is 0 Å². The molecule has 0 saturated carbocycles. The monoisotopic (exact) mass is 427 g/mol. The second kappa shape index (κ2) is 8.47. The molecule has 2 N–H and O–H groups in total. The zero-order valence-corrected chi connectivity index (χ0v) is 17.1. The Bertz CT molecular complexity index is 1170. The second-order valence-electron chi connectivity index (χ2n) is 7.16. The average Bonchev–Trinajstić information content (AvgIpc) is 3.12. The third kappa shape index (κ3) is 4.64. The smallest absolute Gasteiger partial charge is 0.238 e. The molecule has 7 nitrogen and oxygen atoms in total. The van der Waals surface area contributed by atoms with Crippen LogP contribution in [0.25, 0.3) is 5.69 Å². The first kappa shape index (κ1) is 20.4. The zero-order chi connectivity index (χ0) is 21.1. The quantitative estimate of drug-likeness (QED) is 0.610. The predicted molar refractivity (Wildman–Crippen MR) is 111 cm³/mol. The molecule has 0 bridgehead atoms. The summed E-state index contributed by atoms with van der Waals surface area (Å²) in [6, 6.07) is 12.6. The van der Waals surface area contributed by atoms with Gasteiger partial charge in [-0.15, -0.1) is 5.10 Å². The number of primary sulfonamides is 1. The van der Waals surface area contributed by atoms with Crippen molar-refractivity contribution in [1.82, 2.24) is 19.7 Å². The van der Waals surface area contributed by atoms with E-state index in [2.05, 4.69) is 27.1 Å². The van der Waals surface area contributed by atoms with Gasteiger partial charge in [0.25, 0.3) is 0 Å². The van der Waals surface area contributed by atoms with Gasteiger partial charge in [-0.3, -0.25) is 4.90 Å². The number of nitrogens with zero attached hydrogens (tertiary/aromatic N) is 4. The first-order valence-corrected chi connectivity index (χ1v) is 11.1. The van der Waals surface area contributed by atoms with E-state index in [4.69, 9.17) is 5.14 Å². The summed E-state index contributed by atoms with van der Waals surface area (Å²) < 4.78 is 38.9. The molecule has 0 atom stereocenters. The van der Waals surface area contributed by atoms with E-state index in [1.807, 2.05) is 0 Å². The minimum atomic E-state index is -3.79. The van der Waals surface area contributed by atoms with E-state index < -0.39 is 10.0 Å². The van der Waals surface area contributed by atoms with Gasteiger partial charge in [-0.1, -0.05) is 30.4 Å². The van der Waals surface area contributed by atoms with Gasteiger partial charge in [0.05, 0.1) is 17.1 Å². The van der Waals surface area contributed by atoms with Crippen LogP contribution >= 0.6 is 0 Å². The third-order valence-electron chi connectivity index (χ3n) is 4.94. The molecular formula is C21H22FN5O2S. The van der Waals surface area contributed by atoms with Crippen molar-refractivity contribution >= 4 is 10.0 Å². The van der Waals surface area contributed by atoms with Gasteiger partial charge in [0.2, 0.25) is 10.0 Å². The van der Waals surface area contributed by atoms with Crippen LogP contribution in [0, 0.1) is 5.82 Å². The molecule has 0 unspecified atom stereocenters. The molecule has 0 spiro atoms. The number of hydrogen-bond donors (Lipinski definition) is 1. The molecule has 1 aromatic heterocycles. The number of rotatable bonds is 6. The molecule has 1 aliphatic rings. The lowest BCUT2D eigenvalue weighted by atomic mass is 10.1. The summed E-state index contributed by atoms with van der Waals surface area (Å²) in [5.41, 5.74) is 1.14. The first-order chi connectivity index (χ1) is 14.4. The molecule has 0 saturated heterocycles. The van der Waals surface area contributed by atoms with Crippen molar-refractivity contribution in [2.75, 3.05) is 13.1 Å². The number of aromatic nitrogens is 3. The van der Waals surface area contributed by atoms with Gasteiger partial charge < -0.3 is 0 Å². The van der Waals surface area contributed by atoms with Crippen LogP contribution in [0.2, 0.25) is 0 Å². The predicted octanol–water partition coefficient (Wildman–Crippen LogP) is 2.41. The molecule has 0 radical (unpaired) electrons. The molecule has 2 aromatic carbocycles. The summed E-state index contributed by atoms with van der Waals surface area (Å²) in [6.45, 7) is 2.34. The van der Waals surface area contributed by atoms with Gasteiger partial charge in [0.1, 0.15) is 11.6 Å². The van der Waals surface area contributed by atoms with Gasteiger partial charge in [-0.2, -0.15) is 0 Å². The van der Waals surface area contributed by atoms with Gasteiger partial charge in [-0.25, -0.2) is 27.6 Å². The van der Waals surface area contributed by atoms with Crippen LogP contribution < -0.4 is 5.14 Å². The standard InChI is InChI=1S/C21H22FN5O2S/c22-19-7-3-2-6-16(19)14-21-24-20(15-26-12-4-1-5-13-26)25-27(21)17-8-10-18(11-9-17)30(23,28)29/h1-4,6-11H,5,12-15H2,(H2,23,28,29). The number of sulfonamides is 1. The Labute approximate surface area is 174 Å². The SMILES string of the molecule is NS(=O)(=O)c1ccc(-n2nc(CN3CC=CCC3)nc2Cc2ccccc2F)cc1. The van der Waals surface area contributed by atoms with E-state index >= 15 is 0 Å². The Morgan fingerprint density at radius 2 is 1.83 bits per heavy atom. The van der Waals surface area contributed by atoms with Crippen molar-refractivity contribution in [2.24, 2.45) is 5.14 Å². The summed E-state index contributed by atoms with van der Waals surface area (Å²) in [5, 5.41) is 9.82. The van der Waals surface area contributed by atoms with Crippen molar-refractivity contribution in [3.8, 4) is 5.69 Å². The van der Waals surface area contributed by atoms with Crippen molar-refractivity contribution in [2.45, 2.75) is 24.3 Å². The van der Waals surface area contributed by atoms with Crippen LogP contribution in [-0.4, -0.2) is 41.2 Å². The Morgan fingerprint density at radius 3 is 2.50 bits per heavy atom. The average molecular weight is 428 g/mol. The fourth-order valence-corrected chi connectivity index (χ4v) is 3.92. The lowest BCUT2D eigenvalue weighted by Crippen LogP contribution is -2.27. The number of halogens is 1. The molecule has 9 heteroatoms. The summed E-state index contributed by atoms with van der Waals surface area (Å²) in [5.74, 6) is 0.900. The van der Waals surface area contributed by atoms with Crippen molar-refractivity contribution < 1.29 is 12.8 Å². The molecular weight excluding hydrogens is 405 g/mol. The molecule has 1 aliphatic heterocycles. The summed E-state index contributed by atoms with van der Waals surface area (Å²) >= 11 is 0. The fourth-order valence-electron chi connectivity index (χ4n) is 3.40. The fraction of sp³-hybridized carbons (Fsp3) is 0.238. The van der Waals surface area contributed by atoms with Gasteiger partial charge in [-0.05, 0) is 42.3 Å². The molecule has 0 amide bonds. The highest BCUT2D eigenvalue weighted by Crippen LogP contribution is 2.18. The largest absolute Gasteiger partial charge is 0.292 e. The second-order valence-corrected chi connectivity index (χ2v) is 8.72. The maximum absolute atomic E-state index is 14.2. The van der Waals surface area contributed by atoms with Gasteiger partial charge in [0.15, 0.2) is 5.82 Å². The number of nitrogens with two attached hydrogens (primary N) is 1. The highest BCUT2D eigenvalue weighted by Gasteiger charge is 2.17. The molecule has 0 aliphatic carbocycles. The van der Waals surface area contributed by atoms with Crippen LogP contribution in [0.5, 0.6) is 0 Å². The highest BCUT2D eigenvalue weighted by molar-refractivity contribution is 7.89. The van der Waals surface area contributed by atoms with E-state index in [0.717, 1.165) is 19.5 Å². The molecule has 4 rings (SSSR count). The van der Waals surface area contributed by atoms with E-state index in [9.17, 15) is 12.8 Å². The maximum atomic E-state index is 14.2. The van der Waals surface area contributed by atoms with E-state index in [1.54, 1.807) is 35.0 Å². The van der Waals surface area contributed by atoms with E-state index in [0.29, 0.717) is 29.4 Å². The summed E-state index contributed by atoms with van der Waals surface area (Å²) in [7, 11) is -3.79. The lowest BCUT2D eigenvalue weighted by molar-refractivity contribution is 0.283. The van der Waals surface area contributed by atoms with E-state index in [-0.39, 0.29) is 17.1 Å². The summed E-state index contributed by atoms with van der Waals surface area (Å²) in [6.07, 6.45) is 5.51. The number of benzene rings is 2. The maximum Gasteiger partial charge on any atom is 0.238 e. The minimum absolute atomic E-state index is 0.0161. The third-order valence-corrected chi connectivity index (χ3v) is 5.87. The first-order valence-electron chi connectivity index (χ1n) is 9.59. The molecule has 2 heterocycles. The van der Waals surface area contributed by atoms with Crippen molar-refractivity contribution in [3.05, 3.63) is 83.7 Å². The Morgan fingerprint density at radius 1 is 1.07 bits per heavy atom. The Hall–Kier alpha value is -2.88. The summed E-state index contributed by atoms with van der Waals surface area (Å²) in [4.78, 5) is 6.91. The van der Waals surface area contributed by atoms with Crippen LogP contribution in [0.15, 0.2) is 65.6 Å². The van der Waals surface area contributed by atoms with Crippen LogP contribution in [-0.2, 0) is 23.0 Å². The zero-order valence-electron chi connectivity index (χ0n) is 16.3. The molecule has 30 heavy (non-hydrogen) atoms. The molecule has 3 aromatic rings. The van der Waals surface area contributed by atoms with Gasteiger partial charge in [0, 0.05) is 19.5 Å². The van der Waals surface area contributed by atoms with E-state index in [1.165, 1.54) is 18.2 Å². The normalized spacial score (nSPS) is 14.9. The van der Waals surface area contributed by atoms with Crippen LogP contribution in [0.1, 0.15) is 23.6 Å². The lowest BCUT2D eigenvalue weighted by Gasteiger charge is -2.20. The van der Waals surface area contributed by atoms with Crippen LogP contribution in [0.4, 0.5) is 4.39 Å². The van der Waals surface area contributed by atoms with Crippen molar-refractivity contribution in [3.63, 3.8) is 0 Å². The highest BCUT2D eigenvalue weighted by atomic mass is 32.2. The topological polar surface area (TPSA) is 94.1 Å². The Balaban J connectivity index is 1.69. The molecule has 0 fully saturated rings. The van der Waals surface area contributed by atoms with Crippen molar-refractivity contribution in [1.29, 1.82) is 0 Å². The Kier molecular flexibility index (Phi) is 5.76. The minimum Gasteiger partial charge on any atom is -0.292 e. The van der Waals surface area contributed by atoms with Crippen LogP contribution in [0.3, 0.4) is 0 Å². The number of hydrogen-bond acceptors (Lipinski definition) is 5. The molecule has 156 valence electrons.